The van der Waals surface area contributed by atoms with Crippen LogP contribution >= 0.6 is 0 Å². The lowest BCUT2D eigenvalue weighted by Gasteiger charge is -2.29. The summed E-state index contributed by atoms with van der Waals surface area (Å²) in [6, 6.07) is 19.8. The molecule has 218 valence electrons. The Bertz CT molecular complexity index is 1480. The number of carbonyl (C=O) groups excluding carboxylic acids is 3. The molecule has 9 nitrogen and oxygen atoms in total. The van der Waals surface area contributed by atoms with Crippen molar-refractivity contribution in [2.24, 2.45) is 0 Å². The molecule has 0 radical (unpaired) electrons. The Balaban J connectivity index is 1.49. The van der Waals surface area contributed by atoms with Crippen LogP contribution in [0.25, 0.3) is 5.76 Å². The Kier molecular flexibility index (Phi) is 9.00. The maximum atomic E-state index is 13.4. The van der Waals surface area contributed by atoms with Crippen LogP contribution < -0.4 is 9.47 Å². The van der Waals surface area contributed by atoms with Crippen LogP contribution in [0.2, 0.25) is 0 Å². The molecule has 1 atom stereocenters. The first kappa shape index (κ1) is 29.0. The predicted octanol–water partition coefficient (Wildman–Crippen LogP) is 4.37. The van der Waals surface area contributed by atoms with E-state index < -0.39 is 23.7 Å². The lowest BCUT2D eigenvalue weighted by molar-refractivity contribution is -0.140. The van der Waals surface area contributed by atoms with Gasteiger partial charge in [0.2, 0.25) is 0 Å². The summed E-state index contributed by atoms with van der Waals surface area (Å²) in [5.41, 5.74) is 2.38. The second-order valence-corrected chi connectivity index (χ2v) is 10.3. The summed E-state index contributed by atoms with van der Waals surface area (Å²) < 4.78 is 16.6. The van der Waals surface area contributed by atoms with Crippen LogP contribution in [0.3, 0.4) is 0 Å². The molecule has 0 aromatic heterocycles. The molecule has 5 rings (SSSR count). The largest absolute Gasteiger partial charge is 0.507 e. The second kappa shape index (κ2) is 13.0. The fourth-order valence-electron chi connectivity index (χ4n) is 5.29. The van der Waals surface area contributed by atoms with Gasteiger partial charge in [-0.1, -0.05) is 54.1 Å². The van der Waals surface area contributed by atoms with E-state index in [1.54, 1.807) is 60.7 Å². The number of aliphatic hydroxyl groups is 1. The number of esters is 1. The maximum absolute atomic E-state index is 13.4. The first-order chi connectivity index (χ1) is 20.4. The Morgan fingerprint density at radius 2 is 1.64 bits per heavy atom. The zero-order chi connectivity index (χ0) is 29.6. The van der Waals surface area contributed by atoms with Gasteiger partial charge in [0, 0.05) is 31.7 Å². The number of carbonyl (C=O) groups is 3. The van der Waals surface area contributed by atoms with Crippen LogP contribution in [-0.4, -0.2) is 79.1 Å². The zero-order valence-electron chi connectivity index (χ0n) is 23.7. The quantitative estimate of drug-likeness (QED) is 0.133. The number of likely N-dealkylation sites (tertiary alicyclic amines) is 1. The number of amides is 1. The van der Waals surface area contributed by atoms with Crippen molar-refractivity contribution in [3.8, 4) is 11.5 Å². The van der Waals surface area contributed by atoms with E-state index in [-0.39, 0.29) is 22.8 Å². The molecule has 0 saturated carbocycles. The van der Waals surface area contributed by atoms with Gasteiger partial charge in [0.25, 0.3) is 11.7 Å². The Morgan fingerprint density at radius 3 is 2.33 bits per heavy atom. The lowest BCUT2D eigenvalue weighted by Crippen LogP contribution is -2.39. The molecular weight excluding hydrogens is 536 g/mol. The van der Waals surface area contributed by atoms with Crippen LogP contribution in [0, 0.1) is 6.92 Å². The van der Waals surface area contributed by atoms with Gasteiger partial charge in [-0.15, -0.1) is 0 Å². The van der Waals surface area contributed by atoms with E-state index in [0.29, 0.717) is 42.9 Å². The fourth-order valence-corrected chi connectivity index (χ4v) is 5.29. The predicted molar refractivity (Wildman–Crippen MR) is 156 cm³/mol. The minimum atomic E-state index is -0.858. The number of Topliss-reactive ketones (excluding diaryl/α,β-unsaturated/α-hetero) is 1. The summed E-state index contributed by atoms with van der Waals surface area (Å²) in [5.74, 6) is -1.76. The zero-order valence-corrected chi connectivity index (χ0v) is 23.7. The maximum Gasteiger partial charge on any atom is 0.343 e. The Morgan fingerprint density at radius 1 is 0.929 bits per heavy atom. The van der Waals surface area contributed by atoms with Gasteiger partial charge in [0.1, 0.15) is 5.76 Å². The van der Waals surface area contributed by atoms with Crippen molar-refractivity contribution in [2.75, 3.05) is 46.5 Å². The van der Waals surface area contributed by atoms with Gasteiger partial charge in [-0.05, 0) is 43.2 Å². The number of hydrogen-bond donors (Lipinski definition) is 1. The summed E-state index contributed by atoms with van der Waals surface area (Å²) in [5, 5.41) is 11.4. The van der Waals surface area contributed by atoms with Crippen LogP contribution in [0.5, 0.6) is 11.5 Å². The number of ketones is 1. The molecule has 2 aliphatic rings. The van der Waals surface area contributed by atoms with E-state index in [0.717, 1.165) is 25.2 Å². The highest BCUT2D eigenvalue weighted by Gasteiger charge is 2.46. The molecule has 1 N–H and O–H groups in total. The second-order valence-electron chi connectivity index (χ2n) is 10.3. The molecule has 2 heterocycles. The average Bonchev–Trinajstić information content (AvgIpc) is 3.27. The number of aryl methyl sites for hydroxylation is 1. The number of rotatable bonds is 9. The molecule has 0 bridgehead atoms. The Hall–Kier alpha value is -4.47. The highest BCUT2D eigenvalue weighted by Crippen LogP contribution is 2.42. The minimum absolute atomic E-state index is 0.00584. The first-order valence-electron chi connectivity index (χ1n) is 14.0. The molecule has 1 amide bonds. The first-order valence-corrected chi connectivity index (χ1v) is 14.0. The number of ether oxygens (including phenoxy) is 3. The van der Waals surface area contributed by atoms with E-state index in [1.165, 1.54) is 12.0 Å². The Labute approximate surface area is 244 Å². The van der Waals surface area contributed by atoms with E-state index in [4.69, 9.17) is 14.2 Å². The van der Waals surface area contributed by atoms with Gasteiger partial charge in [-0.3, -0.25) is 14.5 Å². The third-order valence-corrected chi connectivity index (χ3v) is 7.56. The highest BCUT2D eigenvalue weighted by atomic mass is 16.6. The monoisotopic (exact) mass is 570 g/mol. The summed E-state index contributed by atoms with van der Waals surface area (Å²) in [4.78, 5) is 43.3. The van der Waals surface area contributed by atoms with Crippen LogP contribution in [0.4, 0.5) is 0 Å². The average molecular weight is 571 g/mol. The van der Waals surface area contributed by atoms with Crippen molar-refractivity contribution in [1.82, 2.24) is 9.80 Å². The molecule has 2 aliphatic heterocycles. The molecule has 0 spiro atoms. The smallest absolute Gasteiger partial charge is 0.343 e. The summed E-state index contributed by atoms with van der Waals surface area (Å²) >= 11 is 0. The number of aliphatic hydroxyl groups excluding tert-OH is 1. The van der Waals surface area contributed by atoms with Crippen molar-refractivity contribution in [3.05, 3.63) is 101 Å². The third-order valence-electron chi connectivity index (χ3n) is 7.56. The number of hydrogen-bond acceptors (Lipinski definition) is 8. The van der Waals surface area contributed by atoms with Crippen molar-refractivity contribution < 1.29 is 33.7 Å². The van der Waals surface area contributed by atoms with E-state index in [1.807, 2.05) is 19.1 Å². The summed E-state index contributed by atoms with van der Waals surface area (Å²) in [7, 11) is 1.45. The number of methoxy groups -OCH3 is 1. The topological polar surface area (TPSA) is 106 Å². The number of benzene rings is 3. The van der Waals surface area contributed by atoms with E-state index in [9.17, 15) is 19.5 Å². The molecule has 9 heteroatoms. The van der Waals surface area contributed by atoms with Crippen molar-refractivity contribution in [3.63, 3.8) is 0 Å². The highest BCUT2D eigenvalue weighted by molar-refractivity contribution is 6.46. The minimum Gasteiger partial charge on any atom is -0.507 e. The van der Waals surface area contributed by atoms with Gasteiger partial charge in [0.15, 0.2) is 11.5 Å². The molecule has 3 aromatic rings. The molecular formula is C33H34N2O7. The van der Waals surface area contributed by atoms with Crippen LogP contribution in [0.1, 0.15) is 39.5 Å². The molecule has 0 unspecified atom stereocenters. The SMILES string of the molecule is COc1cc([C@@H]2C(=C(O)c3ccc(C)cc3)C(=O)C(=O)N2CCCN2CCOCC2)ccc1OC(=O)c1ccccc1. The van der Waals surface area contributed by atoms with E-state index >= 15 is 0 Å². The molecule has 0 aliphatic carbocycles. The normalized spacial score (nSPS) is 18.7. The van der Waals surface area contributed by atoms with E-state index in [2.05, 4.69) is 4.90 Å². The summed E-state index contributed by atoms with van der Waals surface area (Å²) in [6.07, 6.45) is 0.637. The van der Waals surface area contributed by atoms with Gasteiger partial charge in [0.05, 0.1) is 37.5 Å². The van der Waals surface area contributed by atoms with Gasteiger partial charge < -0.3 is 24.2 Å². The molecule has 3 aromatic carbocycles. The number of nitrogens with zero attached hydrogens (tertiary/aromatic N) is 2. The van der Waals surface area contributed by atoms with Crippen molar-refractivity contribution in [2.45, 2.75) is 19.4 Å². The molecule has 42 heavy (non-hydrogen) atoms. The van der Waals surface area contributed by atoms with Gasteiger partial charge >= 0.3 is 5.97 Å². The van der Waals surface area contributed by atoms with Gasteiger partial charge in [-0.2, -0.15) is 0 Å². The third kappa shape index (κ3) is 6.22. The van der Waals surface area contributed by atoms with Crippen LogP contribution in [-0.2, 0) is 14.3 Å². The van der Waals surface area contributed by atoms with Crippen LogP contribution in [0.15, 0.2) is 78.4 Å². The molecule has 2 fully saturated rings. The standard InChI is InChI=1S/C33H34N2O7/c1-22-9-11-23(12-10-22)30(36)28-29(35(32(38)31(28)37)16-6-15-34-17-19-41-20-18-34)25-13-14-26(27(21-25)40-2)42-33(39)24-7-4-3-5-8-24/h3-5,7-14,21,29,36H,6,15-20H2,1-2H3/t29-/m1/s1. The van der Waals surface area contributed by atoms with Crippen molar-refractivity contribution >= 4 is 23.4 Å². The summed E-state index contributed by atoms with van der Waals surface area (Å²) in [6.45, 7) is 5.95. The number of morpholine rings is 1. The lowest BCUT2D eigenvalue weighted by atomic mass is 9.94. The van der Waals surface area contributed by atoms with Gasteiger partial charge in [-0.25, -0.2) is 4.79 Å². The van der Waals surface area contributed by atoms with Crippen molar-refractivity contribution in [1.29, 1.82) is 0 Å². The fraction of sp³-hybridized carbons (Fsp3) is 0.303. The molecule has 2 saturated heterocycles.